The summed E-state index contributed by atoms with van der Waals surface area (Å²) in [5, 5.41) is 3.08. The first-order valence-electron chi connectivity index (χ1n) is 6.24. The van der Waals surface area contributed by atoms with Crippen LogP contribution in [0.2, 0.25) is 0 Å². The SMILES string of the molecule is CN1C(=O)CCC1C(=O)NC1CCCCC1. The average Bonchev–Trinajstić information content (AvgIpc) is 2.61. The van der Waals surface area contributed by atoms with E-state index < -0.39 is 0 Å². The molecule has 0 spiro atoms. The van der Waals surface area contributed by atoms with Gasteiger partial charge in [0.05, 0.1) is 0 Å². The lowest BCUT2D eigenvalue weighted by atomic mass is 9.95. The van der Waals surface area contributed by atoms with Crippen LogP contribution in [0.4, 0.5) is 0 Å². The third kappa shape index (κ3) is 2.36. The maximum absolute atomic E-state index is 12.0. The number of hydrogen-bond donors (Lipinski definition) is 1. The van der Waals surface area contributed by atoms with Crippen LogP contribution in [0.25, 0.3) is 0 Å². The van der Waals surface area contributed by atoms with Crippen molar-refractivity contribution in [2.45, 2.75) is 57.0 Å². The standard InChI is InChI=1S/C12H20N2O2/c1-14-10(7-8-11(14)15)12(16)13-9-5-3-2-4-6-9/h9-10H,2-8H2,1H3,(H,13,16). The summed E-state index contributed by atoms with van der Waals surface area (Å²) >= 11 is 0. The van der Waals surface area contributed by atoms with Crippen LogP contribution in [0.1, 0.15) is 44.9 Å². The molecule has 1 unspecified atom stereocenters. The van der Waals surface area contributed by atoms with Crippen molar-refractivity contribution in [2.75, 3.05) is 7.05 Å². The largest absolute Gasteiger partial charge is 0.352 e. The van der Waals surface area contributed by atoms with E-state index in [1.54, 1.807) is 11.9 Å². The van der Waals surface area contributed by atoms with E-state index in [1.165, 1.54) is 19.3 Å². The van der Waals surface area contributed by atoms with Crippen molar-refractivity contribution in [2.24, 2.45) is 0 Å². The van der Waals surface area contributed by atoms with Gasteiger partial charge in [0.1, 0.15) is 6.04 Å². The topological polar surface area (TPSA) is 49.4 Å². The number of likely N-dealkylation sites (N-methyl/N-ethyl adjacent to an activating group) is 1. The predicted octanol–water partition coefficient (Wildman–Crippen LogP) is 1.06. The van der Waals surface area contributed by atoms with E-state index in [0.29, 0.717) is 18.9 Å². The molecule has 1 atom stereocenters. The molecule has 1 saturated carbocycles. The zero-order valence-corrected chi connectivity index (χ0v) is 9.87. The number of carbonyl (C=O) groups excluding carboxylic acids is 2. The minimum Gasteiger partial charge on any atom is -0.352 e. The van der Waals surface area contributed by atoms with Crippen molar-refractivity contribution in [1.29, 1.82) is 0 Å². The lowest BCUT2D eigenvalue weighted by Crippen LogP contribution is -2.47. The molecule has 1 heterocycles. The van der Waals surface area contributed by atoms with E-state index in [1.807, 2.05) is 0 Å². The molecule has 2 aliphatic rings. The van der Waals surface area contributed by atoms with Crippen LogP contribution >= 0.6 is 0 Å². The zero-order chi connectivity index (χ0) is 11.5. The summed E-state index contributed by atoms with van der Waals surface area (Å²) < 4.78 is 0. The van der Waals surface area contributed by atoms with Crippen molar-refractivity contribution < 1.29 is 9.59 Å². The van der Waals surface area contributed by atoms with Gasteiger partial charge in [-0.3, -0.25) is 9.59 Å². The highest BCUT2D eigenvalue weighted by atomic mass is 16.2. The summed E-state index contributed by atoms with van der Waals surface area (Å²) in [6.07, 6.45) is 7.09. The lowest BCUT2D eigenvalue weighted by molar-refractivity contribution is -0.134. The molecule has 4 nitrogen and oxygen atoms in total. The predicted molar refractivity (Wildman–Crippen MR) is 60.8 cm³/mol. The second-order valence-electron chi connectivity index (χ2n) is 4.90. The fraction of sp³-hybridized carbons (Fsp3) is 0.833. The van der Waals surface area contributed by atoms with E-state index >= 15 is 0 Å². The van der Waals surface area contributed by atoms with Gasteiger partial charge in [0.2, 0.25) is 11.8 Å². The van der Waals surface area contributed by atoms with E-state index in [0.717, 1.165) is 12.8 Å². The Morgan fingerprint density at radius 1 is 1.25 bits per heavy atom. The Morgan fingerprint density at radius 2 is 1.94 bits per heavy atom. The number of carbonyl (C=O) groups is 2. The third-order valence-corrected chi connectivity index (χ3v) is 3.75. The number of nitrogens with one attached hydrogen (secondary N) is 1. The number of amides is 2. The zero-order valence-electron chi connectivity index (χ0n) is 9.87. The molecular formula is C12H20N2O2. The Hall–Kier alpha value is -1.06. The van der Waals surface area contributed by atoms with Crippen LogP contribution in [-0.2, 0) is 9.59 Å². The Labute approximate surface area is 96.4 Å². The van der Waals surface area contributed by atoms with Crippen LogP contribution in [-0.4, -0.2) is 35.8 Å². The quantitative estimate of drug-likeness (QED) is 0.762. The van der Waals surface area contributed by atoms with Gasteiger partial charge in [-0.2, -0.15) is 0 Å². The van der Waals surface area contributed by atoms with Crippen molar-refractivity contribution in [1.82, 2.24) is 10.2 Å². The van der Waals surface area contributed by atoms with Gasteiger partial charge in [-0.1, -0.05) is 19.3 Å². The first kappa shape index (κ1) is 11.4. The van der Waals surface area contributed by atoms with Gasteiger partial charge in [-0.05, 0) is 19.3 Å². The van der Waals surface area contributed by atoms with Gasteiger partial charge in [-0.25, -0.2) is 0 Å². The summed E-state index contributed by atoms with van der Waals surface area (Å²) in [6.45, 7) is 0. The molecule has 90 valence electrons. The highest BCUT2D eigenvalue weighted by molar-refractivity contribution is 5.90. The molecule has 1 N–H and O–H groups in total. The van der Waals surface area contributed by atoms with Gasteiger partial charge in [0.25, 0.3) is 0 Å². The van der Waals surface area contributed by atoms with Crippen molar-refractivity contribution in [3.8, 4) is 0 Å². The highest BCUT2D eigenvalue weighted by Crippen LogP contribution is 2.20. The fourth-order valence-electron chi connectivity index (χ4n) is 2.66. The number of nitrogens with zero attached hydrogens (tertiary/aromatic N) is 1. The smallest absolute Gasteiger partial charge is 0.243 e. The van der Waals surface area contributed by atoms with Gasteiger partial charge >= 0.3 is 0 Å². The monoisotopic (exact) mass is 224 g/mol. The van der Waals surface area contributed by atoms with Crippen molar-refractivity contribution >= 4 is 11.8 Å². The summed E-state index contributed by atoms with van der Waals surface area (Å²) in [7, 11) is 1.72. The van der Waals surface area contributed by atoms with Gasteiger partial charge in [-0.15, -0.1) is 0 Å². The molecule has 16 heavy (non-hydrogen) atoms. The third-order valence-electron chi connectivity index (χ3n) is 3.75. The number of rotatable bonds is 2. The average molecular weight is 224 g/mol. The lowest BCUT2D eigenvalue weighted by Gasteiger charge is -2.26. The van der Waals surface area contributed by atoms with E-state index in [9.17, 15) is 9.59 Å². The second kappa shape index (κ2) is 4.85. The first-order chi connectivity index (χ1) is 7.68. The van der Waals surface area contributed by atoms with Crippen LogP contribution in [0.5, 0.6) is 0 Å². The molecule has 2 fully saturated rings. The minimum atomic E-state index is -0.227. The number of likely N-dealkylation sites (tertiary alicyclic amines) is 1. The molecule has 2 rings (SSSR count). The van der Waals surface area contributed by atoms with Crippen LogP contribution in [0.15, 0.2) is 0 Å². The summed E-state index contributed by atoms with van der Waals surface area (Å²) in [5.41, 5.74) is 0. The summed E-state index contributed by atoms with van der Waals surface area (Å²) in [4.78, 5) is 24.9. The van der Waals surface area contributed by atoms with Gasteiger partial charge < -0.3 is 10.2 Å². The molecule has 0 aromatic carbocycles. The van der Waals surface area contributed by atoms with Crippen LogP contribution in [0.3, 0.4) is 0 Å². The second-order valence-corrected chi connectivity index (χ2v) is 4.90. The summed E-state index contributed by atoms with van der Waals surface area (Å²) in [6, 6.07) is 0.111. The highest BCUT2D eigenvalue weighted by Gasteiger charge is 2.34. The first-order valence-corrected chi connectivity index (χ1v) is 6.24. The van der Waals surface area contributed by atoms with Gasteiger partial charge in [0, 0.05) is 19.5 Å². The molecule has 1 saturated heterocycles. The molecule has 0 radical (unpaired) electrons. The minimum absolute atomic E-state index is 0.0419. The molecule has 0 aromatic rings. The Balaban J connectivity index is 1.85. The van der Waals surface area contributed by atoms with Gasteiger partial charge in [0.15, 0.2) is 0 Å². The Kier molecular flexibility index (Phi) is 3.46. The molecule has 1 aliphatic heterocycles. The Bertz CT molecular complexity index is 285. The van der Waals surface area contributed by atoms with Crippen LogP contribution in [0, 0.1) is 0 Å². The molecular weight excluding hydrogens is 204 g/mol. The maximum Gasteiger partial charge on any atom is 0.243 e. The number of hydrogen-bond acceptors (Lipinski definition) is 2. The molecule has 1 aliphatic carbocycles. The van der Waals surface area contributed by atoms with E-state index in [-0.39, 0.29) is 17.9 Å². The molecule has 0 bridgehead atoms. The van der Waals surface area contributed by atoms with Crippen molar-refractivity contribution in [3.05, 3.63) is 0 Å². The maximum atomic E-state index is 12.0. The fourth-order valence-corrected chi connectivity index (χ4v) is 2.66. The van der Waals surface area contributed by atoms with Crippen molar-refractivity contribution in [3.63, 3.8) is 0 Å². The molecule has 4 heteroatoms. The van der Waals surface area contributed by atoms with E-state index in [2.05, 4.69) is 5.32 Å². The Morgan fingerprint density at radius 3 is 2.50 bits per heavy atom. The van der Waals surface area contributed by atoms with E-state index in [4.69, 9.17) is 0 Å². The summed E-state index contributed by atoms with van der Waals surface area (Å²) in [5.74, 6) is 0.129. The van der Waals surface area contributed by atoms with Crippen LogP contribution < -0.4 is 5.32 Å². The normalized spacial score (nSPS) is 27.2. The molecule has 0 aromatic heterocycles. The molecule has 2 amide bonds.